The van der Waals surface area contributed by atoms with E-state index < -0.39 is 0 Å². The van der Waals surface area contributed by atoms with Crippen LogP contribution in [0.3, 0.4) is 0 Å². The van der Waals surface area contributed by atoms with Gasteiger partial charge in [-0.25, -0.2) is 5.43 Å². The molecule has 118 valence electrons. The Kier molecular flexibility index (Phi) is 4.82. The van der Waals surface area contributed by atoms with E-state index in [4.69, 9.17) is 0 Å². The average molecular weight is 314 g/mol. The molecule has 1 amide bonds. The van der Waals surface area contributed by atoms with Crippen LogP contribution in [0.1, 0.15) is 21.5 Å². The lowest BCUT2D eigenvalue weighted by molar-refractivity contribution is 0.0954. The summed E-state index contributed by atoms with van der Waals surface area (Å²) in [7, 11) is 0. The molecule has 0 atom stereocenters. The van der Waals surface area contributed by atoms with E-state index in [1.807, 2.05) is 67.6 Å². The molecular weight excluding hydrogens is 296 g/mol. The largest absolute Gasteiger partial charge is 0.271 e. The van der Waals surface area contributed by atoms with Crippen molar-refractivity contribution in [2.45, 2.75) is 6.92 Å². The van der Waals surface area contributed by atoms with Gasteiger partial charge in [0.2, 0.25) is 0 Å². The van der Waals surface area contributed by atoms with Gasteiger partial charge in [0, 0.05) is 5.56 Å². The second-order valence-corrected chi connectivity index (χ2v) is 5.50. The number of nitrogens with zero attached hydrogens (tertiary/aromatic N) is 1. The Bertz CT molecular complexity index is 853. The molecular formula is C21H18N2O. The van der Waals surface area contributed by atoms with Crippen LogP contribution in [0, 0.1) is 6.92 Å². The predicted molar refractivity (Wildman–Crippen MR) is 98.1 cm³/mol. The number of hydrazone groups is 1. The van der Waals surface area contributed by atoms with Crippen molar-refractivity contribution in [1.29, 1.82) is 0 Å². The number of rotatable bonds is 4. The third-order valence-electron chi connectivity index (χ3n) is 3.79. The minimum atomic E-state index is -0.203. The van der Waals surface area contributed by atoms with Crippen LogP contribution < -0.4 is 5.43 Å². The van der Waals surface area contributed by atoms with Gasteiger partial charge >= 0.3 is 0 Å². The van der Waals surface area contributed by atoms with Crippen molar-refractivity contribution in [2.24, 2.45) is 5.10 Å². The average Bonchev–Trinajstić information content (AvgIpc) is 2.63. The quantitative estimate of drug-likeness (QED) is 0.562. The van der Waals surface area contributed by atoms with E-state index in [2.05, 4.69) is 22.7 Å². The third kappa shape index (κ3) is 3.76. The first-order valence-corrected chi connectivity index (χ1v) is 7.78. The normalized spacial score (nSPS) is 10.7. The topological polar surface area (TPSA) is 41.5 Å². The number of carbonyl (C=O) groups is 1. The van der Waals surface area contributed by atoms with Gasteiger partial charge in [-0.05, 0) is 35.2 Å². The SMILES string of the molecule is Cc1ccccc1C(=O)N/N=C\c1ccc(-c2ccccc2)cc1. The lowest BCUT2D eigenvalue weighted by Crippen LogP contribution is -2.18. The molecule has 0 unspecified atom stereocenters. The van der Waals surface area contributed by atoms with Crippen LogP contribution in [-0.4, -0.2) is 12.1 Å². The molecule has 0 saturated carbocycles. The summed E-state index contributed by atoms with van der Waals surface area (Å²) in [4.78, 5) is 12.1. The van der Waals surface area contributed by atoms with Gasteiger partial charge in [0.05, 0.1) is 6.21 Å². The fourth-order valence-corrected chi connectivity index (χ4v) is 2.45. The van der Waals surface area contributed by atoms with Crippen LogP contribution in [-0.2, 0) is 0 Å². The monoisotopic (exact) mass is 314 g/mol. The van der Waals surface area contributed by atoms with Crippen LogP contribution in [0.2, 0.25) is 0 Å². The van der Waals surface area contributed by atoms with Gasteiger partial charge in [0.15, 0.2) is 0 Å². The zero-order chi connectivity index (χ0) is 16.8. The number of carbonyl (C=O) groups excluding carboxylic acids is 1. The summed E-state index contributed by atoms with van der Waals surface area (Å²) in [5.41, 5.74) is 7.38. The van der Waals surface area contributed by atoms with Gasteiger partial charge in [0.1, 0.15) is 0 Å². The second kappa shape index (κ2) is 7.38. The van der Waals surface area contributed by atoms with E-state index in [1.54, 1.807) is 12.3 Å². The van der Waals surface area contributed by atoms with Crippen molar-refractivity contribution >= 4 is 12.1 Å². The van der Waals surface area contributed by atoms with E-state index in [1.165, 1.54) is 5.56 Å². The van der Waals surface area contributed by atoms with Crippen LogP contribution in [0.5, 0.6) is 0 Å². The molecule has 0 aliphatic rings. The maximum absolute atomic E-state index is 12.1. The number of nitrogens with one attached hydrogen (secondary N) is 1. The smallest absolute Gasteiger partial charge is 0.267 e. The number of aryl methyl sites for hydroxylation is 1. The van der Waals surface area contributed by atoms with Gasteiger partial charge in [-0.3, -0.25) is 4.79 Å². The Morgan fingerprint density at radius 2 is 1.46 bits per heavy atom. The summed E-state index contributed by atoms with van der Waals surface area (Å²) in [6, 6.07) is 25.7. The van der Waals surface area contributed by atoms with Crippen LogP contribution in [0.4, 0.5) is 0 Å². The molecule has 1 N–H and O–H groups in total. The van der Waals surface area contributed by atoms with Crippen LogP contribution >= 0.6 is 0 Å². The summed E-state index contributed by atoms with van der Waals surface area (Å²) in [6.07, 6.45) is 1.64. The highest BCUT2D eigenvalue weighted by Gasteiger charge is 2.06. The van der Waals surface area contributed by atoms with Crippen LogP contribution in [0.25, 0.3) is 11.1 Å². The van der Waals surface area contributed by atoms with E-state index in [-0.39, 0.29) is 5.91 Å². The highest BCUT2D eigenvalue weighted by atomic mass is 16.2. The number of benzene rings is 3. The molecule has 0 heterocycles. The number of amides is 1. The molecule has 24 heavy (non-hydrogen) atoms. The maximum atomic E-state index is 12.1. The Hall–Kier alpha value is -3.20. The molecule has 3 rings (SSSR count). The van der Waals surface area contributed by atoms with Gasteiger partial charge in [-0.15, -0.1) is 0 Å². The summed E-state index contributed by atoms with van der Waals surface area (Å²) in [5, 5.41) is 4.04. The van der Waals surface area contributed by atoms with E-state index >= 15 is 0 Å². The Morgan fingerprint density at radius 1 is 0.833 bits per heavy atom. The molecule has 0 saturated heterocycles. The van der Waals surface area contributed by atoms with E-state index in [0.29, 0.717) is 5.56 Å². The zero-order valence-electron chi connectivity index (χ0n) is 13.4. The molecule has 3 nitrogen and oxygen atoms in total. The first-order chi connectivity index (χ1) is 11.7. The minimum absolute atomic E-state index is 0.203. The zero-order valence-corrected chi connectivity index (χ0v) is 13.4. The fourth-order valence-electron chi connectivity index (χ4n) is 2.45. The van der Waals surface area contributed by atoms with Crippen molar-refractivity contribution in [3.63, 3.8) is 0 Å². The van der Waals surface area contributed by atoms with Gasteiger partial charge in [-0.1, -0.05) is 72.8 Å². The summed E-state index contributed by atoms with van der Waals surface area (Å²) >= 11 is 0. The molecule has 0 spiro atoms. The molecule has 0 aliphatic carbocycles. The highest BCUT2D eigenvalue weighted by Crippen LogP contribution is 2.18. The number of hydrogen-bond acceptors (Lipinski definition) is 2. The van der Waals surface area contributed by atoms with E-state index in [9.17, 15) is 4.79 Å². The van der Waals surface area contributed by atoms with Crippen LogP contribution in [0.15, 0.2) is 84.0 Å². The number of hydrogen-bond donors (Lipinski definition) is 1. The molecule has 3 aromatic carbocycles. The second-order valence-electron chi connectivity index (χ2n) is 5.50. The van der Waals surface area contributed by atoms with Crippen molar-refractivity contribution in [3.8, 4) is 11.1 Å². The van der Waals surface area contributed by atoms with Gasteiger partial charge < -0.3 is 0 Å². The molecule has 0 bridgehead atoms. The van der Waals surface area contributed by atoms with Crippen molar-refractivity contribution < 1.29 is 4.79 Å². The highest BCUT2D eigenvalue weighted by molar-refractivity contribution is 5.96. The van der Waals surface area contributed by atoms with Gasteiger partial charge in [0.25, 0.3) is 5.91 Å². The molecule has 0 aromatic heterocycles. The predicted octanol–water partition coefficient (Wildman–Crippen LogP) is 4.43. The Balaban J connectivity index is 1.65. The molecule has 0 radical (unpaired) electrons. The van der Waals surface area contributed by atoms with Gasteiger partial charge in [-0.2, -0.15) is 5.10 Å². The first kappa shape index (κ1) is 15.7. The Morgan fingerprint density at radius 3 is 2.17 bits per heavy atom. The Labute approximate surface area is 141 Å². The molecule has 3 heteroatoms. The lowest BCUT2D eigenvalue weighted by atomic mass is 10.0. The minimum Gasteiger partial charge on any atom is -0.267 e. The standard InChI is InChI=1S/C21H18N2O/c1-16-7-5-6-10-20(16)21(24)23-22-15-17-11-13-19(14-12-17)18-8-3-2-4-9-18/h2-15H,1H3,(H,23,24)/b22-15-. The third-order valence-corrected chi connectivity index (χ3v) is 3.79. The fraction of sp³-hybridized carbons (Fsp3) is 0.0476. The molecule has 0 aliphatic heterocycles. The lowest BCUT2D eigenvalue weighted by Gasteiger charge is -2.03. The summed E-state index contributed by atoms with van der Waals surface area (Å²) in [6.45, 7) is 1.90. The summed E-state index contributed by atoms with van der Waals surface area (Å²) in [5.74, 6) is -0.203. The maximum Gasteiger partial charge on any atom is 0.271 e. The molecule has 0 fully saturated rings. The van der Waals surface area contributed by atoms with Crippen molar-refractivity contribution in [2.75, 3.05) is 0 Å². The molecule has 3 aromatic rings. The van der Waals surface area contributed by atoms with Crippen molar-refractivity contribution in [3.05, 3.63) is 95.6 Å². The van der Waals surface area contributed by atoms with E-state index in [0.717, 1.165) is 16.7 Å². The summed E-state index contributed by atoms with van der Waals surface area (Å²) < 4.78 is 0. The first-order valence-electron chi connectivity index (χ1n) is 7.78. The van der Waals surface area contributed by atoms with Crippen molar-refractivity contribution in [1.82, 2.24) is 5.43 Å².